The number of aryl methyl sites for hydroxylation is 2. The maximum Gasteiger partial charge on any atom is 0.137 e. The van der Waals surface area contributed by atoms with E-state index in [0.717, 1.165) is 59.3 Å². The summed E-state index contributed by atoms with van der Waals surface area (Å²) >= 11 is 0. The molecule has 0 saturated carbocycles. The van der Waals surface area contributed by atoms with E-state index < -0.39 is 31.3 Å². The summed E-state index contributed by atoms with van der Waals surface area (Å²) in [4.78, 5) is 0. The van der Waals surface area contributed by atoms with E-state index in [9.17, 15) is 15.3 Å². The molecular weight excluding hydrogens is 653 g/mol. The first-order valence-electron chi connectivity index (χ1n) is 21.5. The zero-order valence-corrected chi connectivity index (χ0v) is 37.2. The van der Waals surface area contributed by atoms with Crippen LogP contribution in [0.5, 0.6) is 5.75 Å². The summed E-state index contributed by atoms with van der Waals surface area (Å²) in [5, 5.41) is 33.6. The van der Waals surface area contributed by atoms with Crippen molar-refractivity contribution in [2.75, 3.05) is 19.8 Å². The summed E-state index contributed by atoms with van der Waals surface area (Å²) in [6, 6.07) is 9.43. The minimum absolute atomic E-state index is 0.238. The Balaban J connectivity index is 2.96. The largest absolute Gasteiger partial charge is 0.484 e. The topological polar surface area (TPSA) is 69.9 Å². The predicted molar refractivity (Wildman–Crippen MR) is 229 cm³/mol. The average Bonchev–Trinajstić information content (AvgIpc) is 3.06. The highest BCUT2D eigenvalue weighted by atomic mass is 16.5. The molecule has 0 amide bonds. The van der Waals surface area contributed by atoms with Crippen molar-refractivity contribution in [3.63, 3.8) is 0 Å². The molecule has 0 heterocycles. The molecule has 4 heteroatoms. The van der Waals surface area contributed by atoms with Gasteiger partial charge in [-0.1, -0.05) is 185 Å². The van der Waals surface area contributed by atoms with Gasteiger partial charge in [-0.15, -0.1) is 0 Å². The van der Waals surface area contributed by atoms with Crippen LogP contribution in [0.25, 0.3) is 0 Å². The molecule has 0 aliphatic rings. The summed E-state index contributed by atoms with van der Waals surface area (Å²) in [6.07, 6.45) is 16.3. The summed E-state index contributed by atoms with van der Waals surface area (Å²) in [6.45, 7) is 30.3. The fraction of sp³-hybridized carbons (Fsp3) is 0.755. The Bertz CT molecular complexity index is 1290. The standard InChI is InChI=1S/C49H84O4/c1-15-17-19-21-23-25-27-36-29-38(45(3,4)5)42(39(30-36)46(6,7)8)44(49(33-50,34-51)35-52)53-43-40(47(9,10)11)31-37(32-41(43)48(12,13)14)28-26-24-22-20-18-16-2/h29-32,44,50-52H,15-28,33-35H2,1-14H3. The molecule has 1 atom stereocenters. The van der Waals surface area contributed by atoms with E-state index >= 15 is 0 Å². The third-order valence-corrected chi connectivity index (χ3v) is 11.3. The van der Waals surface area contributed by atoms with Crippen LogP contribution >= 0.6 is 0 Å². The van der Waals surface area contributed by atoms with E-state index in [4.69, 9.17) is 4.74 Å². The molecule has 1 unspecified atom stereocenters. The van der Waals surface area contributed by atoms with Crippen LogP contribution in [-0.2, 0) is 34.5 Å². The molecular formula is C49H84O4. The number of rotatable bonds is 21. The Labute approximate surface area is 327 Å². The third-order valence-electron chi connectivity index (χ3n) is 11.3. The minimum atomic E-state index is -1.33. The molecule has 0 aliphatic heterocycles. The van der Waals surface area contributed by atoms with Gasteiger partial charge in [-0.2, -0.15) is 0 Å². The molecule has 0 fully saturated rings. The fourth-order valence-corrected chi connectivity index (χ4v) is 7.68. The first-order chi connectivity index (χ1) is 24.6. The van der Waals surface area contributed by atoms with Crippen LogP contribution in [0.1, 0.15) is 219 Å². The van der Waals surface area contributed by atoms with Crippen LogP contribution in [0.15, 0.2) is 24.3 Å². The number of aliphatic hydroxyl groups is 3. The van der Waals surface area contributed by atoms with Crippen molar-refractivity contribution in [3.05, 3.63) is 63.2 Å². The lowest BCUT2D eigenvalue weighted by Gasteiger charge is -2.43. The van der Waals surface area contributed by atoms with E-state index in [2.05, 4.69) is 121 Å². The van der Waals surface area contributed by atoms with Crippen molar-refractivity contribution in [2.24, 2.45) is 5.41 Å². The Hall–Kier alpha value is -1.88. The highest BCUT2D eigenvalue weighted by Gasteiger charge is 2.46. The molecule has 3 N–H and O–H groups in total. The van der Waals surface area contributed by atoms with Gasteiger partial charge in [0, 0.05) is 16.7 Å². The van der Waals surface area contributed by atoms with Gasteiger partial charge in [0.1, 0.15) is 11.9 Å². The van der Waals surface area contributed by atoms with Gasteiger partial charge in [0.05, 0.1) is 25.2 Å². The summed E-state index contributed by atoms with van der Waals surface area (Å²) < 4.78 is 7.55. The van der Waals surface area contributed by atoms with Crippen LogP contribution in [0.3, 0.4) is 0 Å². The first kappa shape index (κ1) is 47.3. The number of hydrogen-bond acceptors (Lipinski definition) is 4. The smallest absolute Gasteiger partial charge is 0.137 e. The number of unbranched alkanes of at least 4 members (excludes halogenated alkanes) is 10. The SMILES string of the molecule is CCCCCCCCc1cc(C(C)(C)C)c(OC(c2c(C(C)(C)C)cc(CCCCCCCC)cc2C(C)(C)C)C(CO)(CO)CO)c(C(C)(C)C)c1. The molecule has 4 nitrogen and oxygen atoms in total. The lowest BCUT2D eigenvalue weighted by Crippen LogP contribution is -2.45. The van der Waals surface area contributed by atoms with E-state index in [1.165, 1.54) is 75.3 Å². The van der Waals surface area contributed by atoms with Gasteiger partial charge in [-0.3, -0.25) is 0 Å². The summed E-state index contributed by atoms with van der Waals surface area (Å²) in [5.74, 6) is 0.817. The van der Waals surface area contributed by atoms with Crippen LogP contribution in [0.4, 0.5) is 0 Å². The van der Waals surface area contributed by atoms with Gasteiger partial charge in [-0.05, 0) is 69.6 Å². The zero-order chi connectivity index (χ0) is 40.3. The molecule has 2 rings (SSSR count). The van der Waals surface area contributed by atoms with Gasteiger partial charge >= 0.3 is 0 Å². The van der Waals surface area contributed by atoms with Gasteiger partial charge in [-0.25, -0.2) is 0 Å². The average molecular weight is 737 g/mol. The Morgan fingerprint density at radius 1 is 0.453 bits per heavy atom. The zero-order valence-electron chi connectivity index (χ0n) is 37.2. The van der Waals surface area contributed by atoms with E-state index in [1.807, 2.05) is 0 Å². The second-order valence-corrected chi connectivity index (χ2v) is 20.5. The lowest BCUT2D eigenvalue weighted by atomic mass is 9.68. The normalized spacial score (nSPS) is 13.8. The quantitative estimate of drug-likeness (QED) is 0.112. The second-order valence-electron chi connectivity index (χ2n) is 20.5. The maximum absolute atomic E-state index is 11.2. The molecule has 0 radical (unpaired) electrons. The number of hydrogen-bond donors (Lipinski definition) is 3. The van der Waals surface area contributed by atoms with Crippen molar-refractivity contribution >= 4 is 0 Å². The van der Waals surface area contributed by atoms with Crippen LogP contribution in [0, 0.1) is 5.41 Å². The molecule has 0 saturated heterocycles. The van der Waals surface area contributed by atoms with Crippen LogP contribution < -0.4 is 4.74 Å². The number of benzene rings is 2. The predicted octanol–water partition coefficient (Wildman–Crippen LogP) is 12.8. The molecule has 0 spiro atoms. The van der Waals surface area contributed by atoms with Gasteiger partial charge < -0.3 is 20.1 Å². The maximum atomic E-state index is 11.2. The Morgan fingerprint density at radius 3 is 1.06 bits per heavy atom. The van der Waals surface area contributed by atoms with E-state index in [1.54, 1.807) is 0 Å². The molecule has 2 aromatic rings. The number of aliphatic hydroxyl groups excluding tert-OH is 3. The van der Waals surface area contributed by atoms with Gasteiger partial charge in [0.25, 0.3) is 0 Å². The monoisotopic (exact) mass is 737 g/mol. The first-order valence-corrected chi connectivity index (χ1v) is 21.5. The fourth-order valence-electron chi connectivity index (χ4n) is 7.68. The summed E-state index contributed by atoms with van der Waals surface area (Å²) in [7, 11) is 0. The van der Waals surface area contributed by atoms with Crippen LogP contribution in [0.2, 0.25) is 0 Å². The molecule has 304 valence electrons. The Morgan fingerprint density at radius 2 is 0.755 bits per heavy atom. The number of ether oxygens (including phenoxy) is 1. The van der Waals surface area contributed by atoms with Crippen molar-refractivity contribution in [1.82, 2.24) is 0 Å². The van der Waals surface area contributed by atoms with Crippen molar-refractivity contribution in [1.29, 1.82) is 0 Å². The Kier molecular flexibility index (Phi) is 18.1. The molecule has 0 aliphatic carbocycles. The van der Waals surface area contributed by atoms with Gasteiger partial charge in [0.2, 0.25) is 0 Å². The van der Waals surface area contributed by atoms with Crippen molar-refractivity contribution < 1.29 is 20.1 Å². The molecule has 53 heavy (non-hydrogen) atoms. The third kappa shape index (κ3) is 13.4. The molecule has 0 aromatic heterocycles. The van der Waals surface area contributed by atoms with Gasteiger partial charge in [0.15, 0.2) is 0 Å². The highest BCUT2D eigenvalue weighted by Crippen LogP contribution is 2.50. The summed E-state index contributed by atoms with van der Waals surface area (Å²) in [5.41, 5.74) is 5.90. The van der Waals surface area contributed by atoms with E-state index in [-0.39, 0.29) is 21.7 Å². The lowest BCUT2D eigenvalue weighted by molar-refractivity contribution is -0.0761. The highest BCUT2D eigenvalue weighted by molar-refractivity contribution is 5.53. The van der Waals surface area contributed by atoms with E-state index in [0.29, 0.717) is 0 Å². The van der Waals surface area contributed by atoms with Crippen LogP contribution in [-0.4, -0.2) is 35.1 Å². The second kappa shape index (κ2) is 20.3. The van der Waals surface area contributed by atoms with Crippen molar-refractivity contribution in [3.8, 4) is 5.75 Å². The molecule has 0 bridgehead atoms. The minimum Gasteiger partial charge on any atom is -0.484 e. The molecule has 2 aromatic carbocycles. The van der Waals surface area contributed by atoms with Crippen molar-refractivity contribution in [2.45, 2.75) is 215 Å².